The van der Waals surface area contributed by atoms with Crippen LogP contribution in [0.15, 0.2) is 53.4 Å². The van der Waals surface area contributed by atoms with E-state index in [4.69, 9.17) is 0 Å². The molecule has 0 aromatic heterocycles. The molecule has 31 heavy (non-hydrogen) atoms. The van der Waals surface area contributed by atoms with Crippen molar-refractivity contribution in [3.05, 3.63) is 54.1 Å². The van der Waals surface area contributed by atoms with Crippen molar-refractivity contribution in [2.45, 2.75) is 43.4 Å². The minimum atomic E-state index is -3.55. The highest BCUT2D eigenvalue weighted by Crippen LogP contribution is 2.31. The van der Waals surface area contributed by atoms with Gasteiger partial charge in [-0.3, -0.25) is 9.59 Å². The number of para-hydroxylation sites is 1. The zero-order valence-electron chi connectivity index (χ0n) is 17.4. The van der Waals surface area contributed by atoms with Gasteiger partial charge in [0.25, 0.3) is 0 Å². The summed E-state index contributed by atoms with van der Waals surface area (Å²) in [5.41, 5.74) is 2.07. The minimum absolute atomic E-state index is 0.112. The third-order valence-electron chi connectivity index (χ3n) is 5.79. The molecule has 164 valence electrons. The van der Waals surface area contributed by atoms with Gasteiger partial charge in [-0.05, 0) is 61.6 Å². The molecule has 7 nitrogen and oxygen atoms in total. The third-order valence-corrected chi connectivity index (χ3v) is 7.69. The number of carbonyl (C=O) groups excluding carboxylic acids is 2. The number of hydrogen-bond donors (Lipinski definition) is 1. The van der Waals surface area contributed by atoms with Gasteiger partial charge in [0.1, 0.15) is 6.54 Å². The molecule has 1 N–H and O–H groups in total. The molecule has 8 heteroatoms. The van der Waals surface area contributed by atoms with Crippen LogP contribution >= 0.6 is 0 Å². The molecule has 2 aliphatic heterocycles. The van der Waals surface area contributed by atoms with Crippen LogP contribution in [0.1, 0.15) is 37.7 Å². The highest BCUT2D eigenvalue weighted by Gasteiger charge is 2.29. The van der Waals surface area contributed by atoms with Gasteiger partial charge in [0.05, 0.1) is 4.90 Å². The number of amides is 2. The number of fused-ring (bicyclic) bond motifs is 1. The van der Waals surface area contributed by atoms with E-state index in [1.165, 1.54) is 4.90 Å². The second kappa shape index (κ2) is 9.20. The first-order valence-electron chi connectivity index (χ1n) is 10.7. The fourth-order valence-corrected chi connectivity index (χ4v) is 5.75. The third kappa shape index (κ3) is 4.80. The minimum Gasteiger partial charge on any atom is -0.325 e. The van der Waals surface area contributed by atoms with Gasteiger partial charge in [-0.15, -0.1) is 0 Å². The van der Waals surface area contributed by atoms with E-state index in [-0.39, 0.29) is 23.3 Å². The summed E-state index contributed by atoms with van der Waals surface area (Å²) in [6.45, 7) is 0.978. The largest absolute Gasteiger partial charge is 0.325 e. The van der Waals surface area contributed by atoms with Gasteiger partial charge < -0.3 is 10.2 Å². The molecule has 0 spiro atoms. The van der Waals surface area contributed by atoms with Gasteiger partial charge in [0.15, 0.2) is 0 Å². The molecule has 2 aliphatic rings. The standard InChI is InChI=1S/C23H27N3O4S/c27-22(24-19-9-3-1-4-10-19)17-26-21-13-12-20(16-18(21)8-7-11-23(26)28)31(29,30)25-14-5-2-6-15-25/h1,3-4,9-10,12-13,16H,2,5-8,11,14-15,17H2,(H,24,27). The predicted octanol–water partition coefficient (Wildman–Crippen LogP) is 3.17. The molecule has 0 bridgehead atoms. The average molecular weight is 442 g/mol. The zero-order chi connectivity index (χ0) is 21.8. The molecule has 0 atom stereocenters. The Hall–Kier alpha value is -2.71. The lowest BCUT2D eigenvalue weighted by Crippen LogP contribution is -2.38. The molecule has 2 amide bonds. The summed E-state index contributed by atoms with van der Waals surface area (Å²) in [5.74, 6) is -0.425. The lowest BCUT2D eigenvalue weighted by atomic mass is 10.1. The Kier molecular flexibility index (Phi) is 6.38. The topological polar surface area (TPSA) is 86.8 Å². The van der Waals surface area contributed by atoms with Crippen LogP contribution in [-0.4, -0.2) is 44.2 Å². The maximum absolute atomic E-state index is 13.1. The van der Waals surface area contributed by atoms with Crippen molar-refractivity contribution in [2.24, 2.45) is 0 Å². The number of nitrogens with zero attached hydrogens (tertiary/aromatic N) is 2. The summed E-state index contributed by atoms with van der Waals surface area (Å²) >= 11 is 0. The van der Waals surface area contributed by atoms with Gasteiger partial charge in [-0.1, -0.05) is 24.6 Å². The first-order valence-corrected chi connectivity index (χ1v) is 12.2. The van der Waals surface area contributed by atoms with Crippen LogP contribution in [0, 0.1) is 0 Å². The van der Waals surface area contributed by atoms with Gasteiger partial charge in [0.2, 0.25) is 21.8 Å². The molecular formula is C23H27N3O4S. The molecule has 2 aromatic carbocycles. The Bertz CT molecular complexity index is 1060. The van der Waals surface area contributed by atoms with Crippen LogP contribution in [0.4, 0.5) is 11.4 Å². The smallest absolute Gasteiger partial charge is 0.244 e. The van der Waals surface area contributed by atoms with E-state index in [1.807, 2.05) is 18.2 Å². The number of rotatable bonds is 5. The van der Waals surface area contributed by atoms with E-state index in [9.17, 15) is 18.0 Å². The number of hydrogen-bond acceptors (Lipinski definition) is 4. The molecule has 0 aliphatic carbocycles. The summed E-state index contributed by atoms with van der Waals surface area (Å²) in [4.78, 5) is 27.0. The van der Waals surface area contributed by atoms with Gasteiger partial charge >= 0.3 is 0 Å². The highest BCUT2D eigenvalue weighted by atomic mass is 32.2. The lowest BCUT2D eigenvalue weighted by molar-refractivity contribution is -0.121. The zero-order valence-corrected chi connectivity index (χ0v) is 18.2. The van der Waals surface area contributed by atoms with E-state index in [2.05, 4.69) is 5.32 Å². The van der Waals surface area contributed by atoms with Crippen LogP contribution in [0.3, 0.4) is 0 Å². The molecule has 2 aromatic rings. The second-order valence-electron chi connectivity index (χ2n) is 8.00. The quantitative estimate of drug-likeness (QED) is 0.772. The first-order chi connectivity index (χ1) is 14.9. The van der Waals surface area contributed by atoms with Crippen molar-refractivity contribution >= 4 is 33.2 Å². The summed E-state index contributed by atoms with van der Waals surface area (Å²) in [6.07, 6.45) is 4.35. The average Bonchev–Trinajstić information content (AvgIpc) is 2.93. The summed E-state index contributed by atoms with van der Waals surface area (Å²) in [5, 5.41) is 2.80. The molecule has 1 saturated heterocycles. The Morgan fingerprint density at radius 1 is 0.935 bits per heavy atom. The molecule has 0 unspecified atom stereocenters. The Morgan fingerprint density at radius 3 is 2.42 bits per heavy atom. The van der Waals surface area contributed by atoms with Crippen LogP contribution in [0.5, 0.6) is 0 Å². The maximum atomic E-state index is 13.1. The molecule has 2 heterocycles. The number of piperidine rings is 1. The molecule has 0 saturated carbocycles. The number of nitrogens with one attached hydrogen (secondary N) is 1. The van der Waals surface area contributed by atoms with Crippen molar-refractivity contribution in [1.82, 2.24) is 4.31 Å². The molecule has 0 radical (unpaired) electrons. The van der Waals surface area contributed by atoms with Crippen molar-refractivity contribution in [1.29, 1.82) is 0 Å². The van der Waals surface area contributed by atoms with Crippen LogP contribution < -0.4 is 10.2 Å². The van der Waals surface area contributed by atoms with Crippen molar-refractivity contribution in [2.75, 3.05) is 29.9 Å². The number of aryl methyl sites for hydroxylation is 1. The van der Waals surface area contributed by atoms with E-state index < -0.39 is 10.0 Å². The van der Waals surface area contributed by atoms with E-state index in [1.54, 1.807) is 34.6 Å². The van der Waals surface area contributed by atoms with E-state index in [0.717, 1.165) is 24.8 Å². The predicted molar refractivity (Wildman–Crippen MR) is 119 cm³/mol. The highest BCUT2D eigenvalue weighted by molar-refractivity contribution is 7.89. The van der Waals surface area contributed by atoms with Crippen LogP contribution in [0.25, 0.3) is 0 Å². The van der Waals surface area contributed by atoms with Crippen molar-refractivity contribution in [3.8, 4) is 0 Å². The molecule has 4 rings (SSSR count). The SMILES string of the molecule is O=C(CN1C(=O)CCCc2cc(S(=O)(=O)N3CCCCC3)ccc21)Nc1ccccc1. The van der Waals surface area contributed by atoms with Gasteiger partial charge in [0, 0.05) is 30.9 Å². The Labute approximate surface area is 183 Å². The van der Waals surface area contributed by atoms with Gasteiger partial charge in [-0.25, -0.2) is 8.42 Å². The first kappa shape index (κ1) is 21.5. The fourth-order valence-electron chi connectivity index (χ4n) is 4.18. The maximum Gasteiger partial charge on any atom is 0.244 e. The fraction of sp³-hybridized carbons (Fsp3) is 0.391. The Balaban J connectivity index is 1.58. The molecular weight excluding hydrogens is 414 g/mol. The second-order valence-corrected chi connectivity index (χ2v) is 9.94. The lowest BCUT2D eigenvalue weighted by Gasteiger charge is -2.27. The number of benzene rings is 2. The van der Waals surface area contributed by atoms with E-state index >= 15 is 0 Å². The van der Waals surface area contributed by atoms with Crippen LogP contribution in [0.2, 0.25) is 0 Å². The summed E-state index contributed by atoms with van der Waals surface area (Å²) in [7, 11) is -3.55. The summed E-state index contributed by atoms with van der Waals surface area (Å²) in [6, 6.07) is 14.0. The number of sulfonamides is 1. The monoisotopic (exact) mass is 441 g/mol. The van der Waals surface area contributed by atoms with Gasteiger partial charge in [-0.2, -0.15) is 4.31 Å². The number of anilines is 2. The van der Waals surface area contributed by atoms with Crippen LogP contribution in [-0.2, 0) is 26.0 Å². The van der Waals surface area contributed by atoms with Crippen molar-refractivity contribution in [3.63, 3.8) is 0 Å². The van der Waals surface area contributed by atoms with Crippen molar-refractivity contribution < 1.29 is 18.0 Å². The summed E-state index contributed by atoms with van der Waals surface area (Å²) < 4.78 is 27.7. The van der Waals surface area contributed by atoms with E-state index in [0.29, 0.717) is 43.7 Å². The Morgan fingerprint density at radius 2 is 1.68 bits per heavy atom. The number of carbonyl (C=O) groups is 2. The molecule has 1 fully saturated rings. The normalized spacial score (nSPS) is 17.7.